The molecule has 1 atom stereocenters. The smallest absolute Gasteiger partial charge is 0.329 e. The van der Waals surface area contributed by atoms with E-state index in [1.165, 1.54) is 38.5 Å². The summed E-state index contributed by atoms with van der Waals surface area (Å²) in [6.45, 7) is 0.791. The standard InChI is InChI=1S/C23H34N4O3.ClH/c1-26-21-17(11-8-6-4-2-3-5-7-9-16-24)12-10-13-18(21)27(23(26)30)19-14-15-20(28)25-22(19)29;/h10,12-13,19H,2-9,11,14-16,24H2,1H3,(H,25,28,29);1H. The normalized spacial score (nSPS) is 16.4. The van der Waals surface area contributed by atoms with Gasteiger partial charge in [0.15, 0.2) is 0 Å². The van der Waals surface area contributed by atoms with Crippen molar-refractivity contribution in [3.63, 3.8) is 0 Å². The number of nitrogens with one attached hydrogen (secondary N) is 1. The summed E-state index contributed by atoms with van der Waals surface area (Å²) in [7, 11) is 1.76. The van der Waals surface area contributed by atoms with Crippen LogP contribution in [0, 0.1) is 0 Å². The molecule has 3 rings (SSSR count). The number of piperidine rings is 1. The number of imide groups is 1. The number of hydrogen-bond acceptors (Lipinski definition) is 4. The van der Waals surface area contributed by atoms with Crippen LogP contribution in [-0.4, -0.2) is 27.5 Å². The molecule has 1 aromatic carbocycles. The maximum atomic E-state index is 12.9. The Bertz CT molecular complexity index is 950. The van der Waals surface area contributed by atoms with Crippen LogP contribution in [0.25, 0.3) is 11.0 Å². The predicted molar refractivity (Wildman–Crippen MR) is 126 cm³/mol. The van der Waals surface area contributed by atoms with Gasteiger partial charge in [-0.05, 0) is 43.9 Å². The highest BCUT2D eigenvalue weighted by molar-refractivity contribution is 6.00. The van der Waals surface area contributed by atoms with Crippen molar-refractivity contribution in [2.45, 2.75) is 76.7 Å². The Morgan fingerprint density at radius 1 is 1.00 bits per heavy atom. The Kier molecular flexibility index (Phi) is 9.78. The molecule has 31 heavy (non-hydrogen) atoms. The van der Waals surface area contributed by atoms with Crippen molar-refractivity contribution in [1.82, 2.24) is 14.5 Å². The second kappa shape index (κ2) is 12.1. The van der Waals surface area contributed by atoms with Crippen LogP contribution in [-0.2, 0) is 23.1 Å². The summed E-state index contributed by atoms with van der Waals surface area (Å²) in [6, 6.07) is 5.29. The van der Waals surface area contributed by atoms with Crippen molar-refractivity contribution < 1.29 is 9.59 Å². The number of fused-ring (bicyclic) bond motifs is 1. The Morgan fingerprint density at radius 2 is 1.65 bits per heavy atom. The molecule has 1 aromatic heterocycles. The zero-order chi connectivity index (χ0) is 21.5. The summed E-state index contributed by atoms with van der Waals surface area (Å²) in [5.41, 5.74) is 8.13. The minimum atomic E-state index is -0.631. The van der Waals surface area contributed by atoms with E-state index >= 15 is 0 Å². The van der Waals surface area contributed by atoms with E-state index in [0.717, 1.165) is 42.4 Å². The van der Waals surface area contributed by atoms with Crippen molar-refractivity contribution in [1.29, 1.82) is 0 Å². The van der Waals surface area contributed by atoms with Gasteiger partial charge in [0, 0.05) is 13.5 Å². The Balaban J connectivity index is 0.00000341. The van der Waals surface area contributed by atoms with Crippen LogP contribution in [0.2, 0.25) is 0 Å². The van der Waals surface area contributed by atoms with E-state index in [9.17, 15) is 14.4 Å². The molecule has 0 saturated carbocycles. The molecule has 2 aromatic rings. The quantitative estimate of drug-likeness (QED) is 0.405. The molecule has 2 amide bonds. The highest BCUT2D eigenvalue weighted by Gasteiger charge is 2.31. The van der Waals surface area contributed by atoms with Crippen LogP contribution < -0.4 is 16.7 Å². The molecule has 172 valence electrons. The summed E-state index contributed by atoms with van der Waals surface area (Å²) >= 11 is 0. The third-order valence-electron chi connectivity index (χ3n) is 6.11. The largest absolute Gasteiger partial charge is 0.330 e. The number of rotatable bonds is 11. The van der Waals surface area contributed by atoms with E-state index in [0.29, 0.717) is 6.42 Å². The Labute approximate surface area is 189 Å². The summed E-state index contributed by atoms with van der Waals surface area (Å²) in [6.07, 6.45) is 11.2. The topological polar surface area (TPSA) is 99.1 Å². The molecule has 1 unspecified atom stereocenters. The molecule has 0 radical (unpaired) electrons. The van der Waals surface area contributed by atoms with Gasteiger partial charge < -0.3 is 5.73 Å². The molecular formula is C23H35ClN4O3. The number of imidazole rings is 1. The fraction of sp³-hybridized carbons (Fsp3) is 0.609. The first-order valence-electron chi connectivity index (χ1n) is 11.3. The number of carbonyl (C=O) groups excluding carboxylic acids is 2. The van der Waals surface area contributed by atoms with E-state index in [1.807, 2.05) is 12.1 Å². The number of carbonyl (C=O) groups is 2. The lowest BCUT2D eigenvalue weighted by atomic mass is 10.0. The van der Waals surface area contributed by atoms with Crippen LogP contribution in [0.5, 0.6) is 0 Å². The van der Waals surface area contributed by atoms with Crippen molar-refractivity contribution in [2.24, 2.45) is 12.8 Å². The second-order valence-electron chi connectivity index (χ2n) is 8.33. The number of para-hydroxylation sites is 1. The van der Waals surface area contributed by atoms with E-state index < -0.39 is 11.9 Å². The average Bonchev–Trinajstić information content (AvgIpc) is 2.98. The van der Waals surface area contributed by atoms with Gasteiger partial charge in [-0.3, -0.25) is 24.0 Å². The lowest BCUT2D eigenvalue weighted by Gasteiger charge is -2.21. The maximum absolute atomic E-state index is 12.9. The number of nitrogens with two attached hydrogens (primary N) is 1. The summed E-state index contributed by atoms with van der Waals surface area (Å²) in [5, 5.41) is 2.36. The molecule has 1 aliphatic heterocycles. The van der Waals surface area contributed by atoms with E-state index in [4.69, 9.17) is 5.73 Å². The number of amides is 2. The monoisotopic (exact) mass is 450 g/mol. The Hall–Kier alpha value is -2.12. The fourth-order valence-corrected chi connectivity index (χ4v) is 4.47. The first-order chi connectivity index (χ1) is 14.5. The van der Waals surface area contributed by atoms with Gasteiger partial charge in [-0.15, -0.1) is 12.4 Å². The third kappa shape index (κ3) is 5.98. The molecular weight excluding hydrogens is 416 g/mol. The fourth-order valence-electron chi connectivity index (χ4n) is 4.47. The molecule has 3 N–H and O–H groups in total. The van der Waals surface area contributed by atoms with E-state index in [-0.39, 0.29) is 30.4 Å². The SMILES string of the molecule is Cl.Cn1c(=O)n(C2CCC(=O)NC2=O)c2cccc(CCCCCCCCCCN)c21. The van der Waals surface area contributed by atoms with Gasteiger partial charge in [-0.1, -0.05) is 50.7 Å². The number of halogens is 1. The van der Waals surface area contributed by atoms with Gasteiger partial charge in [0.2, 0.25) is 11.8 Å². The highest BCUT2D eigenvalue weighted by Crippen LogP contribution is 2.26. The lowest BCUT2D eigenvalue weighted by Crippen LogP contribution is -2.44. The zero-order valence-electron chi connectivity index (χ0n) is 18.4. The number of aryl methyl sites for hydroxylation is 2. The first kappa shape index (κ1) is 25.1. The first-order valence-corrected chi connectivity index (χ1v) is 11.3. The van der Waals surface area contributed by atoms with Gasteiger partial charge in [-0.25, -0.2) is 4.79 Å². The van der Waals surface area contributed by atoms with Crippen LogP contribution >= 0.6 is 12.4 Å². The van der Waals surface area contributed by atoms with Crippen molar-refractivity contribution >= 4 is 35.3 Å². The van der Waals surface area contributed by atoms with Crippen molar-refractivity contribution in [3.05, 3.63) is 34.2 Å². The van der Waals surface area contributed by atoms with E-state index in [1.54, 1.807) is 16.2 Å². The number of nitrogens with zero attached hydrogens (tertiary/aromatic N) is 2. The van der Waals surface area contributed by atoms with Gasteiger partial charge in [-0.2, -0.15) is 0 Å². The number of benzene rings is 1. The Morgan fingerprint density at radius 3 is 2.29 bits per heavy atom. The zero-order valence-corrected chi connectivity index (χ0v) is 19.2. The van der Waals surface area contributed by atoms with Crippen molar-refractivity contribution in [3.8, 4) is 0 Å². The summed E-state index contributed by atoms with van der Waals surface area (Å²) in [4.78, 5) is 36.8. The molecule has 2 heterocycles. The van der Waals surface area contributed by atoms with Gasteiger partial charge in [0.25, 0.3) is 0 Å². The third-order valence-corrected chi connectivity index (χ3v) is 6.11. The maximum Gasteiger partial charge on any atom is 0.329 e. The molecule has 0 bridgehead atoms. The van der Waals surface area contributed by atoms with Gasteiger partial charge in [0.05, 0.1) is 11.0 Å². The molecule has 0 spiro atoms. The van der Waals surface area contributed by atoms with Crippen LogP contribution in [0.4, 0.5) is 0 Å². The molecule has 1 aliphatic rings. The van der Waals surface area contributed by atoms with Gasteiger partial charge in [0.1, 0.15) is 6.04 Å². The minimum Gasteiger partial charge on any atom is -0.330 e. The van der Waals surface area contributed by atoms with Crippen LogP contribution in [0.15, 0.2) is 23.0 Å². The summed E-state index contributed by atoms with van der Waals surface area (Å²) in [5.74, 6) is -0.665. The van der Waals surface area contributed by atoms with Gasteiger partial charge >= 0.3 is 5.69 Å². The highest BCUT2D eigenvalue weighted by atomic mass is 35.5. The molecule has 8 heteroatoms. The number of hydrogen-bond donors (Lipinski definition) is 2. The minimum absolute atomic E-state index is 0. The summed E-state index contributed by atoms with van der Waals surface area (Å²) < 4.78 is 3.20. The second-order valence-corrected chi connectivity index (χ2v) is 8.33. The van der Waals surface area contributed by atoms with Crippen LogP contribution in [0.3, 0.4) is 0 Å². The molecule has 0 aliphatic carbocycles. The average molecular weight is 451 g/mol. The molecule has 7 nitrogen and oxygen atoms in total. The number of unbranched alkanes of at least 4 members (excludes halogenated alkanes) is 7. The molecule has 1 fully saturated rings. The van der Waals surface area contributed by atoms with Crippen molar-refractivity contribution in [2.75, 3.05) is 6.54 Å². The van der Waals surface area contributed by atoms with E-state index in [2.05, 4.69) is 11.4 Å². The number of aromatic nitrogens is 2. The predicted octanol–water partition coefficient (Wildman–Crippen LogP) is 3.36. The van der Waals surface area contributed by atoms with Crippen LogP contribution in [0.1, 0.15) is 75.8 Å². The lowest BCUT2D eigenvalue weighted by molar-refractivity contribution is -0.135. The molecule has 1 saturated heterocycles.